The highest BCUT2D eigenvalue weighted by Gasteiger charge is 2.38. The maximum absolute atomic E-state index is 14.1. The summed E-state index contributed by atoms with van der Waals surface area (Å²) in [5, 5.41) is 25.9. The number of alkyl halides is 3. The smallest absolute Gasteiger partial charge is 0.475 e. The maximum atomic E-state index is 14.1. The second kappa shape index (κ2) is 22.5. The van der Waals surface area contributed by atoms with Gasteiger partial charge in [0.25, 0.3) is 0 Å². The zero-order chi connectivity index (χ0) is 40.5. The normalized spacial score (nSPS) is 16.1. The molecule has 0 aromatic heterocycles. The van der Waals surface area contributed by atoms with Crippen LogP contribution in [0, 0.1) is 11.6 Å². The summed E-state index contributed by atoms with van der Waals surface area (Å²) in [6.45, 7) is 6.79. The van der Waals surface area contributed by atoms with Crippen LogP contribution in [0.4, 0.5) is 26.7 Å². The monoisotopic (exact) mass is 795 g/mol. The van der Waals surface area contributed by atoms with E-state index in [4.69, 9.17) is 19.4 Å². The molecule has 0 aliphatic carbocycles. The Morgan fingerprint density at radius 2 is 1.57 bits per heavy atom. The number of nitrogens with one attached hydrogen (secondary N) is 3. The predicted molar refractivity (Wildman–Crippen MR) is 189 cm³/mol. The Morgan fingerprint density at radius 1 is 0.963 bits per heavy atom. The highest BCUT2D eigenvalue weighted by molar-refractivity contribution is 7.92. The number of hydrogen-bond acceptors (Lipinski definition) is 9. The van der Waals surface area contributed by atoms with Crippen LogP contribution in [0.1, 0.15) is 69.6 Å². The average Bonchev–Trinajstić information content (AvgIpc) is 3.60. The fourth-order valence-electron chi connectivity index (χ4n) is 5.65. The van der Waals surface area contributed by atoms with Crippen LogP contribution in [0.25, 0.3) is 0 Å². The number of halogens is 5. The number of benzene rings is 2. The Balaban J connectivity index is 0.00000131. The summed E-state index contributed by atoms with van der Waals surface area (Å²) in [6, 6.07) is 8.16. The first-order valence-corrected chi connectivity index (χ1v) is 19.4. The second-order valence-corrected chi connectivity index (χ2v) is 15.2. The number of ether oxygens (including phenoxy) is 2. The van der Waals surface area contributed by atoms with E-state index in [1.807, 2.05) is 45.0 Å². The molecule has 1 aliphatic rings. The molecule has 2 aromatic carbocycles. The summed E-state index contributed by atoms with van der Waals surface area (Å²) < 4.78 is 97.5. The molecule has 0 saturated carbocycles. The third-order valence-corrected chi connectivity index (χ3v) is 10.7. The number of aryl methyl sites for hydroxylation is 1. The van der Waals surface area contributed by atoms with Gasteiger partial charge in [-0.05, 0) is 54.5 Å². The van der Waals surface area contributed by atoms with Crippen LogP contribution in [0.3, 0.4) is 0 Å². The van der Waals surface area contributed by atoms with E-state index >= 15 is 0 Å². The molecule has 304 valence electrons. The fraction of sp³-hybridized carbons (Fsp3) is 0.583. The van der Waals surface area contributed by atoms with Crippen LogP contribution < -0.4 is 16.0 Å². The Bertz CT molecular complexity index is 1580. The molecule has 4 atom stereocenters. The maximum Gasteiger partial charge on any atom is 0.490 e. The lowest BCUT2D eigenvalue weighted by Crippen LogP contribution is -2.57. The molecule has 12 nitrogen and oxygen atoms in total. The van der Waals surface area contributed by atoms with E-state index in [1.165, 1.54) is 0 Å². The van der Waals surface area contributed by atoms with Crippen molar-refractivity contribution in [2.75, 3.05) is 25.5 Å². The molecule has 3 rings (SSSR count). The van der Waals surface area contributed by atoms with Crippen molar-refractivity contribution in [3.05, 3.63) is 70.8 Å². The Labute approximate surface area is 312 Å². The number of hydrogen-bond donors (Lipinski definition) is 5. The molecule has 18 heteroatoms. The molecule has 1 saturated heterocycles. The first kappa shape index (κ1) is 46.3. The number of aliphatic carboxylic acids is 1. The van der Waals surface area contributed by atoms with Crippen LogP contribution >= 0.6 is 0 Å². The molecular weight excluding hydrogens is 745 g/mol. The minimum atomic E-state index is -5.08. The summed E-state index contributed by atoms with van der Waals surface area (Å²) in [5.41, 5.74) is 2.31. The third-order valence-electron chi connectivity index (χ3n) is 8.39. The lowest BCUT2D eigenvalue weighted by Gasteiger charge is -2.28. The number of rotatable bonds is 19. The number of carboxylic acid groups (broad SMARTS) is 1. The number of alkyl carbamates (subject to hydrolysis) is 1. The van der Waals surface area contributed by atoms with E-state index < -0.39 is 80.9 Å². The van der Waals surface area contributed by atoms with Crippen LogP contribution in [0.15, 0.2) is 42.5 Å². The van der Waals surface area contributed by atoms with Crippen LogP contribution in [-0.2, 0) is 48.3 Å². The van der Waals surface area contributed by atoms with Crippen LogP contribution in [0.2, 0.25) is 0 Å². The Hall–Kier alpha value is -3.87. The van der Waals surface area contributed by atoms with Gasteiger partial charge in [0.1, 0.15) is 23.8 Å². The van der Waals surface area contributed by atoms with Gasteiger partial charge in [-0.2, -0.15) is 13.2 Å². The van der Waals surface area contributed by atoms with Crippen molar-refractivity contribution >= 4 is 27.8 Å². The summed E-state index contributed by atoms with van der Waals surface area (Å²) >= 11 is 0. The fourth-order valence-corrected chi connectivity index (χ4v) is 7.81. The van der Waals surface area contributed by atoms with Crippen molar-refractivity contribution in [1.29, 1.82) is 0 Å². The highest BCUT2D eigenvalue weighted by atomic mass is 32.2. The Kier molecular flexibility index (Phi) is 19.3. The highest BCUT2D eigenvalue weighted by Crippen LogP contribution is 2.18. The second-order valence-electron chi connectivity index (χ2n) is 12.9. The molecule has 5 N–H and O–H groups in total. The van der Waals surface area contributed by atoms with Gasteiger partial charge in [0.2, 0.25) is 5.91 Å². The molecule has 1 heterocycles. The molecule has 2 aromatic rings. The van der Waals surface area contributed by atoms with E-state index in [9.17, 15) is 45.1 Å². The summed E-state index contributed by atoms with van der Waals surface area (Å²) in [7, 11) is -3.87. The third kappa shape index (κ3) is 16.7. The number of sulfone groups is 1. The standard InChI is InChI=1S/C34H49F2N3O7S.C2HF3O2/c1-4-8-29(9-5-2)47(43,44)22-31(39-34(42)46-28-12-13-45-21-28)33(41)38-30(17-25-15-26(35)18-27(36)16-25)32(40)20-37-19-24-11-7-10-23(6-3)14-24;3-2(4,5)1(6)7/h7,10-11,14-16,18,28-32,37,40H,4-6,8-9,12-13,17,19-22H2,1-3H3,(H,38,41)(H,39,42);(H,6,7)/t28-,30+,31+,32-;/m1./s1. The molecule has 2 amide bonds. The van der Waals surface area contributed by atoms with E-state index in [0.29, 0.717) is 51.3 Å². The van der Waals surface area contributed by atoms with Crippen molar-refractivity contribution in [3.8, 4) is 0 Å². The summed E-state index contributed by atoms with van der Waals surface area (Å²) in [5.74, 6) is -5.97. The van der Waals surface area contributed by atoms with Gasteiger partial charge in [0, 0.05) is 25.6 Å². The zero-order valence-corrected chi connectivity index (χ0v) is 31.3. The number of carbonyl (C=O) groups is 3. The van der Waals surface area contributed by atoms with Crippen molar-refractivity contribution in [1.82, 2.24) is 16.0 Å². The predicted octanol–water partition coefficient (Wildman–Crippen LogP) is 4.61. The Morgan fingerprint density at radius 3 is 2.11 bits per heavy atom. The number of aliphatic hydroxyl groups excluding tert-OH is 1. The van der Waals surface area contributed by atoms with Gasteiger partial charge in [-0.3, -0.25) is 4.79 Å². The minimum absolute atomic E-state index is 0.00567. The van der Waals surface area contributed by atoms with Gasteiger partial charge >= 0.3 is 18.2 Å². The first-order valence-electron chi connectivity index (χ1n) is 17.7. The van der Waals surface area contributed by atoms with E-state index in [-0.39, 0.29) is 25.1 Å². The minimum Gasteiger partial charge on any atom is -0.475 e. The van der Waals surface area contributed by atoms with E-state index in [2.05, 4.69) is 16.0 Å². The zero-order valence-electron chi connectivity index (χ0n) is 30.5. The first-order chi connectivity index (χ1) is 25.4. The quantitative estimate of drug-likeness (QED) is 0.126. The van der Waals surface area contributed by atoms with Gasteiger partial charge in [-0.15, -0.1) is 0 Å². The van der Waals surface area contributed by atoms with Gasteiger partial charge in [0.05, 0.1) is 36.4 Å². The van der Waals surface area contributed by atoms with Crippen LogP contribution in [-0.4, -0.2) is 97.8 Å². The molecule has 1 aliphatic heterocycles. The van der Waals surface area contributed by atoms with Crippen molar-refractivity contribution in [3.63, 3.8) is 0 Å². The van der Waals surface area contributed by atoms with Gasteiger partial charge in [-0.25, -0.2) is 26.8 Å². The van der Waals surface area contributed by atoms with Gasteiger partial charge in [-0.1, -0.05) is 57.9 Å². The molecule has 1 fully saturated rings. The lowest BCUT2D eigenvalue weighted by atomic mass is 10.00. The van der Waals surface area contributed by atoms with Gasteiger partial charge in [0.15, 0.2) is 9.84 Å². The van der Waals surface area contributed by atoms with Gasteiger partial charge < -0.3 is 35.6 Å². The van der Waals surface area contributed by atoms with Crippen molar-refractivity contribution in [2.24, 2.45) is 0 Å². The lowest BCUT2D eigenvalue weighted by molar-refractivity contribution is -0.192. The average molecular weight is 796 g/mol. The molecule has 54 heavy (non-hydrogen) atoms. The van der Waals surface area contributed by atoms with Crippen molar-refractivity contribution < 1.29 is 64.4 Å². The summed E-state index contributed by atoms with van der Waals surface area (Å²) in [6.07, 6.45) is -4.67. The van der Waals surface area contributed by atoms with E-state index in [1.54, 1.807) is 0 Å². The van der Waals surface area contributed by atoms with E-state index in [0.717, 1.165) is 29.7 Å². The number of carbonyl (C=O) groups excluding carboxylic acids is 2. The molecule has 0 bridgehead atoms. The molecule has 0 spiro atoms. The molecular formula is C36H50F5N3O9S. The van der Waals surface area contributed by atoms with Crippen LogP contribution in [0.5, 0.6) is 0 Å². The SMILES string of the molecule is CCCC(CCC)S(=O)(=O)C[C@H](NC(=O)O[C@@H]1CCOC1)C(=O)N[C@@H](Cc1cc(F)cc(F)c1)[C@H](O)CNCc1cccc(CC)c1.O=C(O)C(F)(F)F. The summed E-state index contributed by atoms with van der Waals surface area (Å²) in [4.78, 5) is 35.5. The topological polar surface area (TPSA) is 180 Å². The number of carboxylic acids is 1. The van der Waals surface area contributed by atoms with Crippen molar-refractivity contribution in [2.45, 2.75) is 108 Å². The number of amides is 2. The largest absolute Gasteiger partial charge is 0.490 e. The number of aliphatic hydroxyl groups is 1. The molecule has 0 unspecified atom stereocenters. The molecule has 0 radical (unpaired) electrons.